The van der Waals surface area contributed by atoms with E-state index in [0.717, 1.165) is 47.4 Å². The normalized spacial score (nSPS) is 17.2. The van der Waals surface area contributed by atoms with E-state index in [9.17, 15) is 14.4 Å². The molecule has 248 valence electrons. The Morgan fingerprint density at radius 1 is 0.979 bits per heavy atom. The van der Waals surface area contributed by atoms with Crippen LogP contribution in [0.2, 0.25) is 0 Å². The molecule has 0 bridgehead atoms. The lowest BCUT2D eigenvalue weighted by atomic mass is 9.75. The Bertz CT molecular complexity index is 1930. The molecule has 48 heavy (non-hydrogen) atoms. The Kier molecular flexibility index (Phi) is 8.45. The molecule has 9 nitrogen and oxygen atoms in total. The maximum atomic E-state index is 13.9. The molecule has 0 saturated heterocycles. The van der Waals surface area contributed by atoms with Gasteiger partial charge in [0, 0.05) is 39.4 Å². The molecule has 3 N–H and O–H groups in total. The van der Waals surface area contributed by atoms with Crippen LogP contribution in [0.15, 0.2) is 66.2 Å². The van der Waals surface area contributed by atoms with Crippen LogP contribution in [0.1, 0.15) is 85.7 Å². The molecule has 2 saturated carbocycles. The lowest BCUT2D eigenvalue weighted by Gasteiger charge is -2.40. The van der Waals surface area contributed by atoms with E-state index >= 15 is 0 Å². The third kappa shape index (κ3) is 5.82. The Balaban J connectivity index is 1.18. The minimum atomic E-state index is -1.00. The quantitative estimate of drug-likeness (QED) is 0.170. The SMILES string of the molecule is COc1ccc2c(c1)OCCn1c-2c(C2CCCCC2)c2ccc(C(=O)NC3(C(=O)Nc4ccc(C=C(C)C(=O)O)cc4)CCC3)cc21. The number of carboxylic acids is 1. The van der Waals surface area contributed by atoms with Gasteiger partial charge in [0.15, 0.2) is 0 Å². The highest BCUT2D eigenvalue weighted by Crippen LogP contribution is 2.48. The number of methoxy groups -OCH3 is 1. The molecule has 0 unspecified atom stereocenters. The summed E-state index contributed by atoms with van der Waals surface area (Å²) in [4.78, 5) is 38.6. The number of nitrogens with one attached hydrogen (secondary N) is 2. The Morgan fingerprint density at radius 3 is 2.44 bits per heavy atom. The largest absolute Gasteiger partial charge is 0.497 e. The Morgan fingerprint density at radius 2 is 1.75 bits per heavy atom. The molecular weight excluding hydrogens is 606 g/mol. The van der Waals surface area contributed by atoms with Crippen LogP contribution in [-0.2, 0) is 16.1 Å². The van der Waals surface area contributed by atoms with E-state index < -0.39 is 11.5 Å². The van der Waals surface area contributed by atoms with Gasteiger partial charge in [0.2, 0.25) is 5.91 Å². The van der Waals surface area contributed by atoms with Gasteiger partial charge in [0.1, 0.15) is 23.6 Å². The summed E-state index contributed by atoms with van der Waals surface area (Å²) in [5.74, 6) is 0.482. The van der Waals surface area contributed by atoms with Crippen LogP contribution < -0.4 is 20.1 Å². The highest BCUT2D eigenvalue weighted by Gasteiger charge is 2.45. The van der Waals surface area contributed by atoms with Gasteiger partial charge < -0.3 is 29.8 Å². The van der Waals surface area contributed by atoms with Crippen molar-refractivity contribution in [1.82, 2.24) is 9.88 Å². The number of carbonyl (C=O) groups excluding carboxylic acids is 2. The molecule has 2 heterocycles. The van der Waals surface area contributed by atoms with Crippen molar-refractivity contribution in [3.05, 3.63) is 82.9 Å². The number of aromatic nitrogens is 1. The second-order valence-electron chi connectivity index (χ2n) is 13.3. The zero-order chi connectivity index (χ0) is 33.4. The summed E-state index contributed by atoms with van der Waals surface area (Å²) in [6.45, 7) is 2.68. The summed E-state index contributed by atoms with van der Waals surface area (Å²) in [7, 11) is 1.66. The van der Waals surface area contributed by atoms with Crippen LogP contribution in [0.25, 0.3) is 28.2 Å². The average Bonchev–Trinajstić information content (AvgIpc) is 3.28. The van der Waals surface area contributed by atoms with Crippen molar-refractivity contribution in [2.75, 3.05) is 19.0 Å². The maximum absolute atomic E-state index is 13.9. The zero-order valence-corrected chi connectivity index (χ0v) is 27.4. The highest BCUT2D eigenvalue weighted by molar-refractivity contribution is 6.06. The van der Waals surface area contributed by atoms with Crippen LogP contribution >= 0.6 is 0 Å². The van der Waals surface area contributed by atoms with E-state index in [0.29, 0.717) is 43.2 Å². The summed E-state index contributed by atoms with van der Waals surface area (Å²) in [5, 5.41) is 16.4. The number of amides is 2. The van der Waals surface area contributed by atoms with Gasteiger partial charge in [-0.2, -0.15) is 0 Å². The fraction of sp³-hybridized carbons (Fsp3) is 0.359. The molecule has 2 fully saturated rings. The number of rotatable bonds is 8. The molecule has 3 aromatic carbocycles. The molecule has 1 aliphatic heterocycles. The van der Waals surface area contributed by atoms with E-state index in [1.807, 2.05) is 24.3 Å². The summed E-state index contributed by atoms with van der Waals surface area (Å²) in [5.41, 5.74) is 5.59. The van der Waals surface area contributed by atoms with Crippen LogP contribution in [0.4, 0.5) is 5.69 Å². The zero-order valence-electron chi connectivity index (χ0n) is 27.4. The first kappa shape index (κ1) is 31.5. The van der Waals surface area contributed by atoms with E-state index in [4.69, 9.17) is 14.6 Å². The number of carboxylic acid groups (broad SMARTS) is 1. The highest BCUT2D eigenvalue weighted by atomic mass is 16.5. The number of aliphatic carboxylic acids is 1. The monoisotopic (exact) mass is 647 g/mol. The molecule has 0 atom stereocenters. The Hall–Kier alpha value is -5.05. The van der Waals surface area contributed by atoms with Crippen LogP contribution in [0.5, 0.6) is 11.5 Å². The molecule has 3 aliphatic rings. The summed E-state index contributed by atoms with van der Waals surface area (Å²) >= 11 is 0. The molecule has 9 heteroatoms. The molecule has 0 radical (unpaired) electrons. The van der Waals surface area contributed by atoms with Crippen molar-refractivity contribution >= 4 is 40.4 Å². The maximum Gasteiger partial charge on any atom is 0.331 e. The van der Waals surface area contributed by atoms with Gasteiger partial charge in [0.25, 0.3) is 5.91 Å². The minimum absolute atomic E-state index is 0.223. The van der Waals surface area contributed by atoms with Gasteiger partial charge >= 0.3 is 5.97 Å². The number of benzene rings is 3. The van der Waals surface area contributed by atoms with E-state index in [-0.39, 0.29) is 17.4 Å². The Labute approximate surface area is 279 Å². The van der Waals surface area contributed by atoms with Crippen molar-refractivity contribution in [3.8, 4) is 22.8 Å². The number of fused-ring (bicyclic) bond motifs is 5. The smallest absolute Gasteiger partial charge is 0.331 e. The fourth-order valence-corrected chi connectivity index (χ4v) is 7.49. The predicted octanol–water partition coefficient (Wildman–Crippen LogP) is 7.54. The third-order valence-corrected chi connectivity index (χ3v) is 10.3. The molecular formula is C39H41N3O6. The van der Waals surface area contributed by atoms with E-state index in [2.05, 4.69) is 27.3 Å². The first-order chi connectivity index (χ1) is 23.3. The topological polar surface area (TPSA) is 119 Å². The van der Waals surface area contributed by atoms with Gasteiger partial charge in [-0.15, -0.1) is 0 Å². The fourth-order valence-electron chi connectivity index (χ4n) is 7.49. The van der Waals surface area contributed by atoms with Gasteiger partial charge in [-0.3, -0.25) is 9.59 Å². The lowest BCUT2D eigenvalue weighted by molar-refractivity contribution is -0.132. The number of hydrogen-bond acceptors (Lipinski definition) is 5. The third-order valence-electron chi connectivity index (χ3n) is 10.3. The summed E-state index contributed by atoms with van der Waals surface area (Å²) < 4.78 is 14.1. The van der Waals surface area contributed by atoms with Crippen LogP contribution in [0.3, 0.4) is 0 Å². The predicted molar refractivity (Wildman–Crippen MR) is 186 cm³/mol. The second kappa shape index (κ2) is 12.9. The molecule has 0 spiro atoms. The first-order valence-corrected chi connectivity index (χ1v) is 16.9. The number of hydrogen-bond donors (Lipinski definition) is 3. The van der Waals surface area contributed by atoms with Gasteiger partial charge in [-0.1, -0.05) is 37.5 Å². The summed E-state index contributed by atoms with van der Waals surface area (Å²) in [6.07, 6.45) is 9.47. The van der Waals surface area contributed by atoms with Crippen molar-refractivity contribution in [3.63, 3.8) is 0 Å². The van der Waals surface area contributed by atoms with Crippen molar-refractivity contribution in [2.24, 2.45) is 0 Å². The first-order valence-electron chi connectivity index (χ1n) is 16.9. The number of nitrogens with zero attached hydrogens (tertiary/aromatic N) is 1. The van der Waals surface area contributed by atoms with Gasteiger partial charge in [0.05, 0.1) is 19.3 Å². The molecule has 4 aromatic rings. The minimum Gasteiger partial charge on any atom is -0.497 e. The number of carbonyl (C=O) groups is 3. The summed E-state index contributed by atoms with van der Waals surface area (Å²) in [6, 6.07) is 19.0. The average molecular weight is 648 g/mol. The van der Waals surface area contributed by atoms with Gasteiger partial charge in [-0.25, -0.2) is 4.79 Å². The molecule has 2 aliphatic carbocycles. The number of ether oxygens (including phenoxy) is 2. The standard InChI is InChI=1S/C39H41N3O6/c1-24(37(44)45)21-25-9-12-28(13-10-25)40-38(46)39(17-6-18-39)41-36(43)27-11-15-30-32(22-27)42-19-20-48-33-23-29(47-2)14-16-31(33)35(42)34(30)26-7-4-3-5-8-26/h9-16,21-23,26H,3-8,17-20H2,1-2H3,(H,40,46)(H,41,43)(H,44,45). The van der Waals surface area contributed by atoms with Crippen molar-refractivity contribution < 1.29 is 29.0 Å². The van der Waals surface area contributed by atoms with Crippen molar-refractivity contribution in [2.45, 2.75) is 76.3 Å². The van der Waals surface area contributed by atoms with Crippen LogP contribution in [0, 0.1) is 0 Å². The van der Waals surface area contributed by atoms with Crippen LogP contribution in [-0.4, -0.2) is 46.7 Å². The lowest BCUT2D eigenvalue weighted by Crippen LogP contribution is -2.61. The number of anilines is 1. The molecule has 7 rings (SSSR count). The second-order valence-corrected chi connectivity index (χ2v) is 13.3. The molecule has 2 amide bonds. The van der Waals surface area contributed by atoms with Crippen molar-refractivity contribution in [1.29, 1.82) is 0 Å². The van der Waals surface area contributed by atoms with E-state index in [1.54, 1.807) is 37.5 Å². The molecule has 1 aromatic heterocycles. The van der Waals surface area contributed by atoms with Gasteiger partial charge in [-0.05, 0) is 98.5 Å². The van der Waals surface area contributed by atoms with E-state index in [1.165, 1.54) is 42.8 Å².